The molecule has 0 aliphatic carbocycles. The Morgan fingerprint density at radius 1 is 0.667 bits per heavy atom. The number of carbonyl (C=O) groups excluding carboxylic acids is 4. The molecule has 0 spiro atoms. The number of nitrogens with two attached hydrogens (primary N) is 5. The van der Waals surface area contributed by atoms with E-state index in [-0.39, 0.29) is 57.1 Å². The minimum Gasteiger partial charge on any atom is -0.481 e. The van der Waals surface area contributed by atoms with Gasteiger partial charge in [0.25, 0.3) is 0 Å². The van der Waals surface area contributed by atoms with E-state index in [1.807, 2.05) is 0 Å². The van der Waals surface area contributed by atoms with Crippen molar-refractivity contribution in [1.82, 2.24) is 21.3 Å². The van der Waals surface area contributed by atoms with Gasteiger partial charge in [-0.05, 0) is 44.6 Å². The molecule has 19 heteroatoms. The lowest BCUT2D eigenvalue weighted by Crippen LogP contribution is -2.58. The number of hydrogen-bond donors (Lipinski definition) is 11. The van der Waals surface area contributed by atoms with Gasteiger partial charge in [0.2, 0.25) is 23.6 Å². The summed E-state index contributed by atoms with van der Waals surface area (Å²) >= 11 is 0. The minimum atomic E-state index is -1.50. The molecule has 0 saturated carbocycles. The van der Waals surface area contributed by atoms with E-state index in [1.54, 1.807) is 30.3 Å². The molecule has 0 aromatic heterocycles. The van der Waals surface area contributed by atoms with Crippen LogP contribution < -0.4 is 49.9 Å². The van der Waals surface area contributed by atoms with Gasteiger partial charge >= 0.3 is 11.9 Å². The number of aliphatic carboxylic acids is 2. The fraction of sp³-hybridized carbons (Fsp3) is 0.517. The number of nitrogens with one attached hydrogen (secondary N) is 4. The molecule has 4 amide bonds. The number of nitrogens with zero attached hydrogens (tertiary/aromatic N) is 2. The third-order valence-corrected chi connectivity index (χ3v) is 6.75. The molecule has 0 bridgehead atoms. The maximum atomic E-state index is 13.6. The van der Waals surface area contributed by atoms with E-state index in [0.717, 1.165) is 0 Å². The van der Waals surface area contributed by atoms with Gasteiger partial charge in [0, 0.05) is 25.9 Å². The SMILES string of the molecule is C[C@H](N)C(=O)N[C@@H](Cc1ccccc1)C(=O)N[C@@H](CCCN=C(N)N)C(=O)N[C@@H](CCC(=O)O)C(=O)N[C@@H](CCCN=C(N)N)C(=O)O. The number of benzene rings is 1. The van der Waals surface area contributed by atoms with Crippen LogP contribution in [0, 0.1) is 0 Å². The summed E-state index contributed by atoms with van der Waals surface area (Å²) in [4.78, 5) is 83.5. The van der Waals surface area contributed by atoms with Crippen LogP contribution in [0.15, 0.2) is 40.3 Å². The summed E-state index contributed by atoms with van der Waals surface area (Å²) in [5.41, 5.74) is 27.7. The summed E-state index contributed by atoms with van der Waals surface area (Å²) in [6.07, 6.45) is -0.631. The highest BCUT2D eigenvalue weighted by Gasteiger charge is 2.31. The zero-order valence-electron chi connectivity index (χ0n) is 26.8. The average molecular weight is 678 g/mol. The predicted octanol–water partition coefficient (Wildman–Crippen LogP) is -3.43. The Morgan fingerprint density at radius 3 is 1.56 bits per heavy atom. The number of aliphatic imine (C=N–C) groups is 2. The summed E-state index contributed by atoms with van der Waals surface area (Å²) in [5.74, 6) is -6.23. The third-order valence-electron chi connectivity index (χ3n) is 6.75. The standard InChI is InChI=1S/C29H47N11O8/c1-16(30)23(43)40-21(15-17-7-3-2-4-8-17)26(46)37-18(9-5-13-35-28(31)32)24(44)38-19(11-12-22(41)42)25(45)39-20(27(47)48)10-6-14-36-29(33)34/h2-4,7-8,16,18-21H,5-6,9-15,30H2,1H3,(H,37,46)(H,38,44)(H,39,45)(H,40,43)(H,41,42)(H,47,48)(H4,31,32,35)(H4,33,34,36)/t16-,18-,19-,20-,21-/m0/s1. The van der Waals surface area contributed by atoms with Crippen LogP contribution in [-0.4, -0.2) is 101 Å². The van der Waals surface area contributed by atoms with E-state index >= 15 is 0 Å². The van der Waals surface area contributed by atoms with Crippen molar-refractivity contribution in [2.24, 2.45) is 38.7 Å². The quantitative estimate of drug-likeness (QED) is 0.0324. The Kier molecular flexibility index (Phi) is 18.0. The molecule has 0 saturated heterocycles. The second-order valence-electron chi connectivity index (χ2n) is 10.9. The van der Waals surface area contributed by atoms with Crippen LogP contribution in [-0.2, 0) is 35.2 Å². The molecule has 1 aromatic carbocycles. The molecule has 5 atom stereocenters. The molecule has 1 aromatic rings. The largest absolute Gasteiger partial charge is 0.481 e. The predicted molar refractivity (Wildman–Crippen MR) is 176 cm³/mol. The first kappa shape index (κ1) is 40.6. The highest BCUT2D eigenvalue weighted by Crippen LogP contribution is 2.08. The van der Waals surface area contributed by atoms with Crippen molar-refractivity contribution >= 4 is 47.5 Å². The van der Waals surface area contributed by atoms with Gasteiger partial charge < -0.3 is 60.1 Å². The Bertz CT molecular complexity index is 1300. The summed E-state index contributed by atoms with van der Waals surface area (Å²) in [6, 6.07) is 2.46. The van der Waals surface area contributed by atoms with Crippen molar-refractivity contribution in [2.75, 3.05) is 13.1 Å². The molecule has 0 radical (unpaired) electrons. The topological polar surface area (TPSA) is 346 Å². The molecule has 0 unspecified atom stereocenters. The van der Waals surface area contributed by atoms with Crippen molar-refractivity contribution in [3.05, 3.63) is 35.9 Å². The third kappa shape index (κ3) is 16.7. The highest BCUT2D eigenvalue weighted by atomic mass is 16.4. The van der Waals surface area contributed by atoms with E-state index in [1.165, 1.54) is 6.92 Å². The molecule has 266 valence electrons. The summed E-state index contributed by atoms with van der Waals surface area (Å²) in [7, 11) is 0. The molecule has 0 aliphatic heterocycles. The van der Waals surface area contributed by atoms with Crippen LogP contribution in [0.2, 0.25) is 0 Å². The monoisotopic (exact) mass is 677 g/mol. The molecule has 16 N–H and O–H groups in total. The van der Waals surface area contributed by atoms with Crippen molar-refractivity contribution in [3.8, 4) is 0 Å². The lowest BCUT2D eigenvalue weighted by Gasteiger charge is -2.26. The number of rotatable bonds is 22. The number of amides is 4. The first-order chi connectivity index (χ1) is 22.6. The molecule has 1 rings (SSSR count). The average Bonchev–Trinajstić information content (AvgIpc) is 3.01. The van der Waals surface area contributed by atoms with Gasteiger partial charge in [-0.1, -0.05) is 30.3 Å². The van der Waals surface area contributed by atoms with Gasteiger partial charge in [-0.3, -0.25) is 34.0 Å². The van der Waals surface area contributed by atoms with Crippen molar-refractivity contribution < 1.29 is 39.0 Å². The number of hydrogen-bond acceptors (Lipinski definition) is 9. The Hall–Kier alpha value is -5.46. The molecule has 48 heavy (non-hydrogen) atoms. The Labute approximate surface area is 277 Å². The minimum absolute atomic E-state index is 0.0382. The van der Waals surface area contributed by atoms with Crippen LogP contribution >= 0.6 is 0 Å². The lowest BCUT2D eigenvalue weighted by molar-refractivity contribution is -0.143. The fourth-order valence-corrected chi connectivity index (χ4v) is 4.25. The van der Waals surface area contributed by atoms with Gasteiger partial charge in [-0.15, -0.1) is 0 Å². The first-order valence-electron chi connectivity index (χ1n) is 15.2. The second kappa shape index (κ2) is 21.4. The van der Waals surface area contributed by atoms with Crippen molar-refractivity contribution in [3.63, 3.8) is 0 Å². The highest BCUT2D eigenvalue weighted by molar-refractivity contribution is 5.95. The molecule has 19 nitrogen and oxygen atoms in total. The first-order valence-corrected chi connectivity index (χ1v) is 15.2. The number of carboxylic acids is 2. The van der Waals surface area contributed by atoms with E-state index < -0.39 is 78.6 Å². The lowest BCUT2D eigenvalue weighted by atomic mass is 10.0. The molecular weight excluding hydrogens is 630 g/mol. The van der Waals surface area contributed by atoms with Gasteiger partial charge in [0.1, 0.15) is 24.2 Å². The van der Waals surface area contributed by atoms with E-state index in [0.29, 0.717) is 5.56 Å². The summed E-state index contributed by atoms with van der Waals surface area (Å²) in [6.45, 7) is 1.62. The van der Waals surface area contributed by atoms with Crippen molar-refractivity contribution in [2.45, 2.75) is 82.1 Å². The Balaban J connectivity index is 3.26. The van der Waals surface area contributed by atoms with Gasteiger partial charge in [0.05, 0.1) is 6.04 Å². The number of guanidine groups is 2. The zero-order valence-corrected chi connectivity index (χ0v) is 26.8. The van der Waals surface area contributed by atoms with E-state index in [4.69, 9.17) is 28.7 Å². The zero-order chi connectivity index (χ0) is 36.2. The van der Waals surface area contributed by atoms with Crippen LogP contribution in [0.1, 0.15) is 51.0 Å². The van der Waals surface area contributed by atoms with Gasteiger partial charge in [-0.2, -0.15) is 0 Å². The van der Waals surface area contributed by atoms with Crippen LogP contribution in [0.5, 0.6) is 0 Å². The molecular formula is C29H47N11O8. The molecule has 0 heterocycles. The smallest absolute Gasteiger partial charge is 0.326 e. The maximum absolute atomic E-state index is 13.6. The van der Waals surface area contributed by atoms with Crippen LogP contribution in [0.4, 0.5) is 0 Å². The normalized spacial score (nSPS) is 13.7. The van der Waals surface area contributed by atoms with E-state index in [2.05, 4.69) is 31.3 Å². The fourth-order valence-electron chi connectivity index (χ4n) is 4.25. The van der Waals surface area contributed by atoms with Crippen molar-refractivity contribution in [1.29, 1.82) is 0 Å². The molecule has 0 aliphatic rings. The van der Waals surface area contributed by atoms with E-state index in [9.17, 15) is 39.0 Å². The summed E-state index contributed by atoms with van der Waals surface area (Å²) in [5, 5.41) is 28.8. The summed E-state index contributed by atoms with van der Waals surface area (Å²) < 4.78 is 0. The maximum Gasteiger partial charge on any atom is 0.326 e. The second-order valence-corrected chi connectivity index (χ2v) is 10.9. The number of carbonyl (C=O) groups is 6. The van der Waals surface area contributed by atoms with Gasteiger partial charge in [0.15, 0.2) is 11.9 Å². The Morgan fingerprint density at radius 2 is 1.10 bits per heavy atom. The van der Waals surface area contributed by atoms with Crippen LogP contribution in [0.25, 0.3) is 0 Å². The van der Waals surface area contributed by atoms with Crippen LogP contribution in [0.3, 0.4) is 0 Å². The number of carboxylic acid groups (broad SMARTS) is 2. The molecule has 0 fully saturated rings. The van der Waals surface area contributed by atoms with Gasteiger partial charge in [-0.25, -0.2) is 4.79 Å².